The Labute approximate surface area is 106 Å². The molecule has 2 unspecified atom stereocenters. The molecule has 1 saturated heterocycles. The summed E-state index contributed by atoms with van der Waals surface area (Å²) in [5.41, 5.74) is 0. The molecule has 0 spiro atoms. The first-order valence-electron chi connectivity index (χ1n) is 5.71. The van der Waals surface area contributed by atoms with Gasteiger partial charge in [-0.3, -0.25) is 0 Å². The van der Waals surface area contributed by atoms with Crippen LogP contribution in [0.2, 0.25) is 10.4 Å². The van der Waals surface area contributed by atoms with E-state index in [4.69, 9.17) is 0 Å². The molecule has 1 aliphatic heterocycles. The van der Waals surface area contributed by atoms with Gasteiger partial charge in [0.1, 0.15) is 0 Å². The summed E-state index contributed by atoms with van der Waals surface area (Å²) in [6.07, 6.45) is 2.80. The van der Waals surface area contributed by atoms with E-state index in [-0.39, 0.29) is 0 Å². The average molecular weight is 322 g/mol. The normalized spacial score (nSPS) is 20.1. The molecule has 0 aromatic rings. The van der Waals surface area contributed by atoms with E-state index in [1.807, 2.05) is 33.7 Å². The first kappa shape index (κ1) is 13.1. The van der Waals surface area contributed by atoms with E-state index in [0.717, 1.165) is 0 Å². The van der Waals surface area contributed by atoms with Crippen LogP contribution in [0, 0.1) is 0 Å². The molecule has 0 amide bonds. The summed E-state index contributed by atoms with van der Waals surface area (Å²) in [6, 6.07) is 0. The molecular weight excluding hydrogens is 298 g/mol. The van der Waals surface area contributed by atoms with Crippen molar-refractivity contribution in [2.75, 3.05) is 39.3 Å². The van der Waals surface area contributed by atoms with Gasteiger partial charge in [0.2, 0.25) is 0 Å². The molecule has 1 heterocycles. The van der Waals surface area contributed by atoms with Crippen LogP contribution in [-0.2, 0) is 0 Å². The fourth-order valence-electron chi connectivity index (χ4n) is 1.87. The molecule has 2 atom stereocenters. The van der Waals surface area contributed by atoms with Crippen LogP contribution < -0.4 is 0 Å². The number of rotatable bonds is 6. The summed E-state index contributed by atoms with van der Waals surface area (Å²) in [5, 5.41) is 2.79. The van der Waals surface area contributed by atoms with Gasteiger partial charge in [-0.1, -0.05) is 0 Å². The molecule has 2 nitrogen and oxygen atoms in total. The molecule has 0 aromatic carbocycles. The fraction of sp³-hybridized carbons (Fsp3) is 1.00. The Morgan fingerprint density at radius 2 is 1.07 bits per heavy atom. The number of piperazine rings is 1. The second-order valence-corrected chi connectivity index (χ2v) is 6.39. The standard InChI is InChI=1S/C10H24As2N2/c11-3-1-5-13-7-9-14(10-8-13)6-2-4-12/h1-12H2. The van der Waals surface area contributed by atoms with Crippen molar-refractivity contribution >= 4 is 33.7 Å². The van der Waals surface area contributed by atoms with Crippen molar-refractivity contribution in [3.63, 3.8) is 0 Å². The Kier molecular flexibility index (Phi) is 7.69. The Bertz CT molecular complexity index is 120. The van der Waals surface area contributed by atoms with Gasteiger partial charge in [0.15, 0.2) is 0 Å². The average Bonchev–Trinajstić information content (AvgIpc) is 2.25. The van der Waals surface area contributed by atoms with Crippen LogP contribution in [0.4, 0.5) is 0 Å². The van der Waals surface area contributed by atoms with E-state index in [9.17, 15) is 0 Å². The Balaban J connectivity index is 2.05. The molecule has 0 N–H and O–H groups in total. The number of hydrogen-bond acceptors (Lipinski definition) is 2. The van der Waals surface area contributed by atoms with E-state index < -0.39 is 0 Å². The van der Waals surface area contributed by atoms with Crippen molar-refractivity contribution < 1.29 is 0 Å². The molecule has 1 rings (SSSR count). The van der Waals surface area contributed by atoms with Crippen LogP contribution in [0.25, 0.3) is 0 Å². The van der Waals surface area contributed by atoms with Crippen LogP contribution in [0.5, 0.6) is 0 Å². The molecule has 84 valence electrons. The topological polar surface area (TPSA) is 6.48 Å². The Morgan fingerprint density at radius 3 is 1.36 bits per heavy atom. The van der Waals surface area contributed by atoms with Gasteiger partial charge >= 0.3 is 106 Å². The van der Waals surface area contributed by atoms with E-state index in [1.54, 1.807) is 0 Å². The predicted molar refractivity (Wildman–Crippen MR) is 68.8 cm³/mol. The zero-order valence-electron chi connectivity index (χ0n) is 9.12. The van der Waals surface area contributed by atoms with Gasteiger partial charge in [0.05, 0.1) is 0 Å². The van der Waals surface area contributed by atoms with Gasteiger partial charge in [-0.25, -0.2) is 0 Å². The van der Waals surface area contributed by atoms with Gasteiger partial charge < -0.3 is 0 Å². The van der Waals surface area contributed by atoms with E-state index in [2.05, 4.69) is 9.80 Å². The van der Waals surface area contributed by atoms with Gasteiger partial charge in [-0.2, -0.15) is 0 Å². The van der Waals surface area contributed by atoms with Crippen LogP contribution in [0.1, 0.15) is 12.8 Å². The fourth-order valence-corrected chi connectivity index (χ4v) is 2.63. The molecule has 0 saturated carbocycles. The maximum atomic E-state index is 2.63. The number of nitrogens with zero attached hydrogens (tertiary/aromatic N) is 2. The first-order valence-corrected chi connectivity index (χ1v) is 9.14. The summed E-state index contributed by atoms with van der Waals surface area (Å²) in [6.45, 7) is 7.90. The van der Waals surface area contributed by atoms with E-state index in [0.29, 0.717) is 0 Å². The summed E-state index contributed by atoms with van der Waals surface area (Å²) < 4.78 is 0. The number of hydrogen-bond donors (Lipinski definition) is 0. The summed E-state index contributed by atoms with van der Waals surface area (Å²) in [4.78, 5) is 5.26. The zero-order valence-corrected chi connectivity index (χ0v) is 14.0. The maximum absolute atomic E-state index is 2.63. The van der Waals surface area contributed by atoms with E-state index in [1.165, 1.54) is 62.5 Å². The second-order valence-electron chi connectivity index (χ2n) is 3.97. The molecule has 0 bridgehead atoms. The third-order valence-corrected chi connectivity index (χ3v) is 4.53. The van der Waals surface area contributed by atoms with Gasteiger partial charge in [0, 0.05) is 0 Å². The molecule has 0 radical (unpaired) electrons. The second kappa shape index (κ2) is 8.22. The molecule has 1 fully saturated rings. The predicted octanol–water partition coefficient (Wildman–Crippen LogP) is -0.513. The van der Waals surface area contributed by atoms with Crippen LogP contribution in [0.15, 0.2) is 0 Å². The SMILES string of the molecule is [AsH2]CCCN1CCN(CCC[AsH2])CC1. The minimum absolute atomic E-state index is 1.31. The van der Waals surface area contributed by atoms with Crippen molar-refractivity contribution in [1.29, 1.82) is 0 Å². The third kappa shape index (κ3) is 5.21. The Morgan fingerprint density at radius 1 is 0.714 bits per heavy atom. The molecule has 0 aliphatic carbocycles. The molecule has 1 aliphatic rings. The van der Waals surface area contributed by atoms with Crippen LogP contribution >= 0.6 is 0 Å². The molecule has 4 heteroatoms. The van der Waals surface area contributed by atoms with Gasteiger partial charge in [0.25, 0.3) is 0 Å². The summed E-state index contributed by atoms with van der Waals surface area (Å²) >= 11 is 3.75. The van der Waals surface area contributed by atoms with Crippen molar-refractivity contribution in [1.82, 2.24) is 9.80 Å². The van der Waals surface area contributed by atoms with Crippen molar-refractivity contribution in [3.8, 4) is 0 Å². The van der Waals surface area contributed by atoms with Gasteiger partial charge in [-0.15, -0.1) is 0 Å². The molecule has 14 heavy (non-hydrogen) atoms. The third-order valence-electron chi connectivity index (χ3n) is 2.82. The quantitative estimate of drug-likeness (QED) is 0.608. The zero-order chi connectivity index (χ0) is 10.2. The van der Waals surface area contributed by atoms with Crippen molar-refractivity contribution in [2.24, 2.45) is 0 Å². The van der Waals surface area contributed by atoms with Crippen LogP contribution in [-0.4, -0.2) is 82.8 Å². The summed E-state index contributed by atoms with van der Waals surface area (Å²) in [7, 11) is 0. The van der Waals surface area contributed by atoms with E-state index >= 15 is 0 Å². The van der Waals surface area contributed by atoms with Crippen molar-refractivity contribution in [3.05, 3.63) is 0 Å². The minimum atomic E-state index is 1.31. The Hall–Kier alpha value is 1.04. The molecule has 0 aromatic heterocycles. The van der Waals surface area contributed by atoms with Crippen LogP contribution in [0.3, 0.4) is 0 Å². The molecular formula is C10H24As2N2. The van der Waals surface area contributed by atoms with Crippen molar-refractivity contribution in [2.45, 2.75) is 23.3 Å². The monoisotopic (exact) mass is 322 g/mol. The van der Waals surface area contributed by atoms with Gasteiger partial charge in [-0.05, 0) is 0 Å². The summed E-state index contributed by atoms with van der Waals surface area (Å²) in [5.74, 6) is 0. The first-order chi connectivity index (χ1) is 6.86.